The van der Waals surface area contributed by atoms with Crippen molar-refractivity contribution < 1.29 is 4.79 Å². The van der Waals surface area contributed by atoms with Gasteiger partial charge in [-0.15, -0.1) is 0 Å². The Labute approximate surface area is 187 Å². The fourth-order valence-corrected chi connectivity index (χ4v) is 5.92. The molecule has 2 N–H and O–H groups in total. The number of amides is 2. The Bertz CT molecular complexity index is 943. The Kier molecular flexibility index (Phi) is 6.34. The Morgan fingerprint density at radius 3 is 2.65 bits per heavy atom. The average molecular weight is 425 g/mol. The van der Waals surface area contributed by atoms with Gasteiger partial charge in [0.05, 0.1) is 0 Å². The lowest BCUT2D eigenvalue weighted by atomic mass is 9.72. The number of hydrogen-bond donors (Lipinski definition) is 2. The zero-order valence-corrected chi connectivity index (χ0v) is 20.2. The van der Waals surface area contributed by atoms with Gasteiger partial charge in [-0.3, -0.25) is 4.90 Å². The van der Waals surface area contributed by atoms with Gasteiger partial charge in [-0.25, -0.2) is 4.79 Å². The summed E-state index contributed by atoms with van der Waals surface area (Å²) >= 11 is 0. The number of H-pyrrole nitrogens is 1. The maximum absolute atomic E-state index is 12.8. The number of fused-ring (bicyclic) bond motifs is 2. The SMILES string of the molecule is CCCN1C[C@@H](NC(=O)N(CC)CC)CC2c3cc(C(C)C)cc4[nH]c(C)c(c34)C[C@H]21. The highest BCUT2D eigenvalue weighted by Crippen LogP contribution is 2.45. The highest BCUT2D eigenvalue weighted by molar-refractivity contribution is 5.90. The van der Waals surface area contributed by atoms with Crippen LogP contribution in [-0.2, 0) is 6.42 Å². The smallest absolute Gasteiger partial charge is 0.317 e. The highest BCUT2D eigenvalue weighted by atomic mass is 16.2. The summed E-state index contributed by atoms with van der Waals surface area (Å²) in [4.78, 5) is 21.1. The van der Waals surface area contributed by atoms with Crippen molar-refractivity contribution in [3.63, 3.8) is 0 Å². The summed E-state index contributed by atoms with van der Waals surface area (Å²) in [5.74, 6) is 0.966. The van der Waals surface area contributed by atoms with E-state index in [0.717, 1.165) is 45.4 Å². The van der Waals surface area contributed by atoms with Crippen LogP contribution in [0.25, 0.3) is 10.9 Å². The number of aromatic nitrogens is 1. The van der Waals surface area contributed by atoms with Crippen molar-refractivity contribution in [2.75, 3.05) is 26.2 Å². The van der Waals surface area contributed by atoms with Gasteiger partial charge in [-0.2, -0.15) is 0 Å². The van der Waals surface area contributed by atoms with Crippen LogP contribution in [-0.4, -0.2) is 59.1 Å². The Balaban J connectivity index is 1.73. The van der Waals surface area contributed by atoms with E-state index >= 15 is 0 Å². The van der Waals surface area contributed by atoms with E-state index in [0.29, 0.717) is 17.9 Å². The monoisotopic (exact) mass is 424 g/mol. The minimum atomic E-state index is 0.0833. The third kappa shape index (κ3) is 3.97. The molecule has 0 bridgehead atoms. The molecule has 170 valence electrons. The second-order valence-electron chi connectivity index (χ2n) is 9.84. The molecule has 2 aliphatic rings. The minimum Gasteiger partial charge on any atom is -0.358 e. The van der Waals surface area contributed by atoms with Crippen LogP contribution < -0.4 is 5.32 Å². The number of hydrogen-bond acceptors (Lipinski definition) is 2. The summed E-state index contributed by atoms with van der Waals surface area (Å²) < 4.78 is 0. The number of nitrogens with one attached hydrogen (secondary N) is 2. The summed E-state index contributed by atoms with van der Waals surface area (Å²) in [5.41, 5.74) is 7.03. The Morgan fingerprint density at radius 1 is 1.26 bits per heavy atom. The third-order valence-electron chi connectivity index (χ3n) is 7.56. The second kappa shape index (κ2) is 8.85. The van der Waals surface area contributed by atoms with E-state index in [-0.39, 0.29) is 12.1 Å². The molecule has 2 aromatic rings. The number of aryl methyl sites for hydroxylation is 1. The van der Waals surface area contributed by atoms with Crippen LogP contribution in [0.1, 0.15) is 81.7 Å². The quantitative estimate of drug-likeness (QED) is 0.674. The number of piperidine rings is 1. The molecule has 2 heterocycles. The molecule has 2 amide bonds. The molecular formula is C26H40N4O. The molecule has 1 aromatic carbocycles. The molecule has 0 saturated carbocycles. The van der Waals surface area contributed by atoms with Crippen LogP contribution >= 0.6 is 0 Å². The van der Waals surface area contributed by atoms with Crippen molar-refractivity contribution in [2.45, 2.75) is 84.7 Å². The number of carbonyl (C=O) groups excluding carboxylic acids is 1. The Morgan fingerprint density at radius 2 is 2.00 bits per heavy atom. The molecule has 1 fully saturated rings. The van der Waals surface area contributed by atoms with Gasteiger partial charge in [0.25, 0.3) is 0 Å². The Hall–Kier alpha value is -2.01. The number of benzene rings is 1. The molecule has 31 heavy (non-hydrogen) atoms. The number of aromatic amines is 1. The number of rotatable bonds is 6. The first-order valence-corrected chi connectivity index (χ1v) is 12.3. The van der Waals surface area contributed by atoms with Crippen molar-refractivity contribution in [3.05, 3.63) is 34.5 Å². The lowest BCUT2D eigenvalue weighted by Crippen LogP contribution is -2.58. The maximum Gasteiger partial charge on any atom is 0.317 e. The highest BCUT2D eigenvalue weighted by Gasteiger charge is 2.41. The van der Waals surface area contributed by atoms with Crippen LogP contribution in [0, 0.1) is 6.92 Å². The molecule has 5 heteroatoms. The van der Waals surface area contributed by atoms with Crippen LogP contribution in [0.5, 0.6) is 0 Å². The first-order valence-electron chi connectivity index (χ1n) is 12.3. The zero-order valence-electron chi connectivity index (χ0n) is 20.2. The predicted octanol–water partition coefficient (Wildman–Crippen LogP) is 5.14. The lowest BCUT2D eigenvalue weighted by Gasteiger charge is -2.47. The van der Waals surface area contributed by atoms with Gasteiger partial charge in [-0.1, -0.05) is 26.8 Å². The molecular weight excluding hydrogens is 384 g/mol. The first kappa shape index (κ1) is 22.2. The number of urea groups is 1. The van der Waals surface area contributed by atoms with E-state index in [1.807, 2.05) is 4.90 Å². The van der Waals surface area contributed by atoms with Gasteiger partial charge < -0.3 is 15.2 Å². The molecule has 3 atom stereocenters. The van der Waals surface area contributed by atoms with Gasteiger partial charge in [0, 0.05) is 54.2 Å². The van der Waals surface area contributed by atoms with Crippen LogP contribution in [0.4, 0.5) is 4.79 Å². The predicted molar refractivity (Wildman–Crippen MR) is 129 cm³/mol. The fourth-order valence-electron chi connectivity index (χ4n) is 5.92. The number of carbonyl (C=O) groups is 1. The number of nitrogens with zero attached hydrogens (tertiary/aromatic N) is 2. The minimum absolute atomic E-state index is 0.0833. The topological polar surface area (TPSA) is 51.4 Å². The summed E-state index contributed by atoms with van der Waals surface area (Å²) in [6, 6.07) is 5.63. The average Bonchev–Trinajstić information content (AvgIpc) is 3.05. The van der Waals surface area contributed by atoms with Gasteiger partial charge >= 0.3 is 6.03 Å². The van der Waals surface area contributed by atoms with Crippen LogP contribution in [0.15, 0.2) is 12.1 Å². The van der Waals surface area contributed by atoms with E-state index in [1.165, 1.54) is 33.3 Å². The standard InChI is InChI=1S/C26H40N4O/c1-7-10-30-15-19(28-26(31)29(8-2)9-3)13-21-22-11-18(16(4)5)12-23-25(22)20(14-24(21)30)17(6)27-23/h11-12,16,19,21,24,27H,7-10,13-15H2,1-6H3,(H,28,31)/t19-,21?,24+/m0/s1. The molecule has 4 rings (SSSR count). The third-order valence-corrected chi connectivity index (χ3v) is 7.56. The van der Waals surface area contributed by atoms with E-state index in [4.69, 9.17) is 0 Å². The van der Waals surface area contributed by atoms with Crippen molar-refractivity contribution >= 4 is 16.9 Å². The van der Waals surface area contributed by atoms with Crippen molar-refractivity contribution in [1.29, 1.82) is 0 Å². The van der Waals surface area contributed by atoms with Crippen molar-refractivity contribution in [3.8, 4) is 0 Å². The van der Waals surface area contributed by atoms with E-state index in [1.54, 1.807) is 0 Å². The van der Waals surface area contributed by atoms with Gasteiger partial charge in [0.2, 0.25) is 0 Å². The second-order valence-corrected chi connectivity index (χ2v) is 9.84. The lowest BCUT2D eigenvalue weighted by molar-refractivity contribution is 0.0978. The summed E-state index contributed by atoms with van der Waals surface area (Å²) in [6.07, 6.45) is 3.28. The molecule has 1 unspecified atom stereocenters. The van der Waals surface area contributed by atoms with Crippen molar-refractivity contribution in [1.82, 2.24) is 20.1 Å². The zero-order chi connectivity index (χ0) is 22.3. The summed E-state index contributed by atoms with van der Waals surface area (Å²) in [7, 11) is 0. The molecule has 1 aromatic heterocycles. The normalized spacial score (nSPS) is 23.3. The van der Waals surface area contributed by atoms with Gasteiger partial charge in [0.1, 0.15) is 0 Å². The van der Waals surface area contributed by atoms with E-state index in [2.05, 4.69) is 68.9 Å². The van der Waals surface area contributed by atoms with E-state index < -0.39 is 0 Å². The first-order chi connectivity index (χ1) is 14.9. The molecule has 1 aliphatic heterocycles. The molecule has 0 spiro atoms. The molecule has 0 radical (unpaired) electrons. The molecule has 1 saturated heterocycles. The fraction of sp³-hybridized carbons (Fsp3) is 0.654. The molecule has 5 nitrogen and oxygen atoms in total. The summed E-state index contributed by atoms with van der Waals surface area (Å²) in [6.45, 7) is 16.7. The van der Waals surface area contributed by atoms with Crippen molar-refractivity contribution in [2.24, 2.45) is 0 Å². The number of likely N-dealkylation sites (tertiary alicyclic amines) is 1. The van der Waals surface area contributed by atoms with Gasteiger partial charge in [0.15, 0.2) is 0 Å². The van der Waals surface area contributed by atoms with Gasteiger partial charge in [-0.05, 0) is 75.3 Å². The summed E-state index contributed by atoms with van der Waals surface area (Å²) in [5, 5.41) is 4.83. The van der Waals surface area contributed by atoms with Crippen LogP contribution in [0.3, 0.4) is 0 Å². The maximum atomic E-state index is 12.8. The van der Waals surface area contributed by atoms with Crippen LogP contribution in [0.2, 0.25) is 0 Å². The largest absolute Gasteiger partial charge is 0.358 e. The van der Waals surface area contributed by atoms with E-state index in [9.17, 15) is 4.79 Å². The molecule has 1 aliphatic carbocycles.